The van der Waals surface area contributed by atoms with Crippen LogP contribution in [0.1, 0.15) is 111 Å². The summed E-state index contributed by atoms with van der Waals surface area (Å²) in [7, 11) is 0. The lowest BCUT2D eigenvalue weighted by molar-refractivity contribution is -0.366. The fourth-order valence-electron chi connectivity index (χ4n) is 3.07. The lowest BCUT2D eigenvalue weighted by Crippen LogP contribution is -2.33. The van der Waals surface area contributed by atoms with Crippen LogP contribution in [0, 0.1) is 0 Å². The molecule has 0 heterocycles. The minimum Gasteiger partial charge on any atom is -0.236 e. The van der Waals surface area contributed by atoms with E-state index in [2.05, 4.69) is 27.7 Å². The molecule has 21 heavy (non-hydrogen) atoms. The molecule has 0 aliphatic carbocycles. The molecular weight excluding hydrogens is 260 g/mol. The summed E-state index contributed by atoms with van der Waals surface area (Å²) in [6.07, 6.45) is 16.3. The minimum atomic E-state index is -0.0257. The highest BCUT2D eigenvalue weighted by Crippen LogP contribution is 2.31. The molecule has 0 spiro atoms. The number of unbranched alkanes of at least 4 members (excludes halogenated alkanes) is 6. The molecule has 0 atom stereocenters. The van der Waals surface area contributed by atoms with Crippen molar-refractivity contribution in [3.05, 3.63) is 0 Å². The zero-order valence-corrected chi connectivity index (χ0v) is 15.2. The molecule has 0 aliphatic heterocycles. The largest absolute Gasteiger partial charge is 0.236 e. The number of rotatable bonds is 16. The Bertz CT molecular complexity index is 198. The molecule has 0 bridgehead atoms. The normalized spacial score (nSPS) is 12.0. The average Bonchev–Trinajstić information content (AvgIpc) is 2.47. The Balaban J connectivity index is 4.05. The molecular formula is C19H40O2. The zero-order chi connectivity index (χ0) is 15.8. The van der Waals surface area contributed by atoms with Crippen LogP contribution in [0.5, 0.6) is 0 Å². The monoisotopic (exact) mass is 300 g/mol. The topological polar surface area (TPSA) is 18.5 Å². The summed E-state index contributed by atoms with van der Waals surface area (Å²) in [4.78, 5) is 11.4. The Labute approximate surface area is 133 Å². The van der Waals surface area contributed by atoms with E-state index in [1.165, 1.54) is 57.8 Å². The van der Waals surface area contributed by atoms with Gasteiger partial charge in [0, 0.05) is 0 Å². The van der Waals surface area contributed by atoms with Crippen LogP contribution in [-0.2, 0) is 9.78 Å². The third-order valence-electron chi connectivity index (χ3n) is 4.17. The van der Waals surface area contributed by atoms with Gasteiger partial charge in [-0.2, -0.15) is 0 Å². The van der Waals surface area contributed by atoms with Gasteiger partial charge in [0.05, 0.1) is 6.61 Å². The van der Waals surface area contributed by atoms with E-state index in [0.717, 1.165) is 25.7 Å². The lowest BCUT2D eigenvalue weighted by Gasteiger charge is -2.32. The quantitative estimate of drug-likeness (QED) is 0.177. The standard InChI is InChI=1S/C19H40O2/c1-5-9-10-11-12-13-14-17-19(15-6-2,16-7-3)21-20-18-8-4/h5-18H2,1-4H3. The van der Waals surface area contributed by atoms with Gasteiger partial charge in [-0.15, -0.1) is 0 Å². The van der Waals surface area contributed by atoms with Crippen molar-refractivity contribution in [1.82, 2.24) is 0 Å². The molecule has 0 saturated carbocycles. The van der Waals surface area contributed by atoms with Crippen molar-refractivity contribution in [2.75, 3.05) is 6.61 Å². The van der Waals surface area contributed by atoms with Crippen molar-refractivity contribution in [3.63, 3.8) is 0 Å². The van der Waals surface area contributed by atoms with E-state index < -0.39 is 0 Å². The number of hydrogen-bond acceptors (Lipinski definition) is 2. The van der Waals surface area contributed by atoms with E-state index in [1.54, 1.807) is 0 Å². The third-order valence-corrected chi connectivity index (χ3v) is 4.17. The van der Waals surface area contributed by atoms with Crippen LogP contribution in [0.15, 0.2) is 0 Å². The van der Waals surface area contributed by atoms with Crippen LogP contribution in [0.3, 0.4) is 0 Å². The summed E-state index contributed by atoms with van der Waals surface area (Å²) in [6.45, 7) is 9.61. The molecule has 128 valence electrons. The Morgan fingerprint density at radius 2 is 1.14 bits per heavy atom. The SMILES string of the molecule is CCCCCCCCCC(CCC)(CCC)OOCCC. The second kappa shape index (κ2) is 14.8. The molecule has 0 unspecified atom stereocenters. The molecule has 0 rings (SSSR count). The number of hydrogen-bond donors (Lipinski definition) is 0. The predicted molar refractivity (Wildman–Crippen MR) is 92.5 cm³/mol. The van der Waals surface area contributed by atoms with E-state index in [-0.39, 0.29) is 5.60 Å². The van der Waals surface area contributed by atoms with Gasteiger partial charge in [-0.1, -0.05) is 85.5 Å². The highest BCUT2D eigenvalue weighted by atomic mass is 17.2. The van der Waals surface area contributed by atoms with Gasteiger partial charge in [0.25, 0.3) is 0 Å². The first-order chi connectivity index (χ1) is 10.2. The van der Waals surface area contributed by atoms with Crippen LogP contribution in [0.25, 0.3) is 0 Å². The van der Waals surface area contributed by atoms with Crippen LogP contribution < -0.4 is 0 Å². The Morgan fingerprint density at radius 1 is 0.571 bits per heavy atom. The highest BCUT2D eigenvalue weighted by molar-refractivity contribution is 4.79. The summed E-state index contributed by atoms with van der Waals surface area (Å²) >= 11 is 0. The second-order valence-corrected chi connectivity index (χ2v) is 6.46. The molecule has 0 aliphatic rings. The van der Waals surface area contributed by atoms with Gasteiger partial charge in [-0.05, 0) is 25.7 Å². The first-order valence-electron chi connectivity index (χ1n) is 9.55. The summed E-state index contributed by atoms with van der Waals surface area (Å²) < 4.78 is 0. The Morgan fingerprint density at radius 3 is 1.67 bits per heavy atom. The lowest BCUT2D eigenvalue weighted by atomic mass is 9.87. The van der Waals surface area contributed by atoms with Crippen molar-refractivity contribution >= 4 is 0 Å². The maximum Gasteiger partial charge on any atom is 0.104 e. The summed E-state index contributed by atoms with van der Waals surface area (Å²) in [5, 5.41) is 0. The molecule has 0 aromatic carbocycles. The molecule has 0 N–H and O–H groups in total. The first-order valence-corrected chi connectivity index (χ1v) is 9.55. The molecule has 0 saturated heterocycles. The van der Waals surface area contributed by atoms with Crippen LogP contribution in [0.4, 0.5) is 0 Å². The maximum absolute atomic E-state index is 5.90. The van der Waals surface area contributed by atoms with Gasteiger partial charge in [0.2, 0.25) is 0 Å². The second-order valence-electron chi connectivity index (χ2n) is 6.46. The summed E-state index contributed by atoms with van der Waals surface area (Å²) in [5.74, 6) is 0. The molecule has 0 aromatic heterocycles. The van der Waals surface area contributed by atoms with Crippen LogP contribution in [-0.4, -0.2) is 12.2 Å². The van der Waals surface area contributed by atoms with Crippen LogP contribution in [0.2, 0.25) is 0 Å². The van der Waals surface area contributed by atoms with E-state index in [1.807, 2.05) is 0 Å². The van der Waals surface area contributed by atoms with Gasteiger partial charge >= 0.3 is 0 Å². The molecule has 2 heteroatoms. The predicted octanol–water partition coefficient (Wildman–Crippen LogP) is 6.82. The van der Waals surface area contributed by atoms with Crippen molar-refractivity contribution in [1.29, 1.82) is 0 Å². The third kappa shape index (κ3) is 11.2. The van der Waals surface area contributed by atoms with Gasteiger partial charge in [0.1, 0.15) is 5.60 Å². The van der Waals surface area contributed by atoms with E-state index in [0.29, 0.717) is 6.61 Å². The van der Waals surface area contributed by atoms with Gasteiger partial charge in [-0.3, -0.25) is 0 Å². The first kappa shape index (κ1) is 20.9. The van der Waals surface area contributed by atoms with Crippen molar-refractivity contribution in [3.8, 4) is 0 Å². The van der Waals surface area contributed by atoms with Crippen molar-refractivity contribution in [2.45, 2.75) is 117 Å². The van der Waals surface area contributed by atoms with Crippen molar-refractivity contribution < 1.29 is 9.78 Å². The fraction of sp³-hybridized carbons (Fsp3) is 1.00. The van der Waals surface area contributed by atoms with E-state index in [9.17, 15) is 0 Å². The zero-order valence-electron chi connectivity index (χ0n) is 15.2. The Hall–Kier alpha value is -0.0800. The van der Waals surface area contributed by atoms with E-state index in [4.69, 9.17) is 9.78 Å². The molecule has 0 amide bonds. The van der Waals surface area contributed by atoms with Gasteiger partial charge in [0.15, 0.2) is 0 Å². The molecule has 0 aromatic rings. The summed E-state index contributed by atoms with van der Waals surface area (Å²) in [5.41, 5.74) is -0.0257. The van der Waals surface area contributed by atoms with Gasteiger partial charge in [-0.25, -0.2) is 9.78 Å². The van der Waals surface area contributed by atoms with Crippen LogP contribution >= 0.6 is 0 Å². The Kier molecular flexibility index (Phi) is 14.8. The van der Waals surface area contributed by atoms with Gasteiger partial charge < -0.3 is 0 Å². The molecule has 2 nitrogen and oxygen atoms in total. The fourth-order valence-corrected chi connectivity index (χ4v) is 3.07. The molecule has 0 fully saturated rings. The molecule has 0 radical (unpaired) electrons. The summed E-state index contributed by atoms with van der Waals surface area (Å²) in [6, 6.07) is 0. The highest BCUT2D eigenvalue weighted by Gasteiger charge is 2.30. The average molecular weight is 301 g/mol. The minimum absolute atomic E-state index is 0.0257. The van der Waals surface area contributed by atoms with Crippen molar-refractivity contribution in [2.24, 2.45) is 0 Å². The maximum atomic E-state index is 5.90. The smallest absolute Gasteiger partial charge is 0.104 e. The van der Waals surface area contributed by atoms with E-state index >= 15 is 0 Å².